The average molecular weight is 221 g/mol. The lowest BCUT2D eigenvalue weighted by Gasteiger charge is -2.23. The predicted molar refractivity (Wildman–Crippen MR) is 58.2 cm³/mol. The predicted octanol–water partition coefficient (Wildman–Crippen LogP) is 1.41. The maximum Gasteiger partial charge on any atom is 0.152 e. The molecule has 1 aliphatic carbocycles. The van der Waals surface area contributed by atoms with Crippen LogP contribution in [0.5, 0.6) is 0 Å². The van der Waals surface area contributed by atoms with Gasteiger partial charge in [0, 0.05) is 24.4 Å². The molecule has 1 aromatic rings. The van der Waals surface area contributed by atoms with Crippen molar-refractivity contribution >= 4 is 6.29 Å². The Morgan fingerprint density at radius 3 is 3.19 bits per heavy atom. The van der Waals surface area contributed by atoms with E-state index in [-0.39, 0.29) is 0 Å². The van der Waals surface area contributed by atoms with E-state index in [1.54, 1.807) is 13.3 Å². The summed E-state index contributed by atoms with van der Waals surface area (Å²) in [7, 11) is 1.57. The molecule has 1 aromatic heterocycles. The van der Waals surface area contributed by atoms with Crippen LogP contribution in [-0.2, 0) is 17.8 Å². The van der Waals surface area contributed by atoms with Crippen molar-refractivity contribution in [2.24, 2.45) is 0 Å². The summed E-state index contributed by atoms with van der Waals surface area (Å²) in [6, 6.07) is 0. The van der Waals surface area contributed by atoms with E-state index in [0.29, 0.717) is 17.9 Å². The minimum Gasteiger partial charge on any atom is -0.388 e. The van der Waals surface area contributed by atoms with Crippen LogP contribution in [0.15, 0.2) is 6.20 Å². The van der Waals surface area contributed by atoms with E-state index in [1.807, 2.05) is 0 Å². The summed E-state index contributed by atoms with van der Waals surface area (Å²) >= 11 is 0. The van der Waals surface area contributed by atoms with E-state index in [4.69, 9.17) is 4.74 Å². The first-order valence-corrected chi connectivity index (χ1v) is 5.40. The molecule has 0 amide bonds. The first-order chi connectivity index (χ1) is 7.77. The summed E-state index contributed by atoms with van der Waals surface area (Å²) in [6.45, 7) is 0.331. The molecule has 1 unspecified atom stereocenters. The summed E-state index contributed by atoms with van der Waals surface area (Å²) in [6.07, 6.45) is 4.49. The molecule has 0 aliphatic heterocycles. The summed E-state index contributed by atoms with van der Waals surface area (Å²) in [5, 5.41) is 9.81. The number of rotatable bonds is 3. The third kappa shape index (κ3) is 1.86. The van der Waals surface area contributed by atoms with E-state index in [9.17, 15) is 9.90 Å². The van der Waals surface area contributed by atoms with E-state index in [1.165, 1.54) is 0 Å². The van der Waals surface area contributed by atoms with Crippen LogP contribution in [0.3, 0.4) is 0 Å². The van der Waals surface area contributed by atoms with Crippen LogP contribution >= 0.6 is 0 Å². The quantitative estimate of drug-likeness (QED) is 0.784. The van der Waals surface area contributed by atoms with Gasteiger partial charge >= 0.3 is 0 Å². The van der Waals surface area contributed by atoms with Crippen LogP contribution in [0.1, 0.15) is 46.1 Å². The number of carbonyl (C=O) groups is 1. The van der Waals surface area contributed by atoms with Crippen molar-refractivity contribution in [1.29, 1.82) is 0 Å². The zero-order valence-electron chi connectivity index (χ0n) is 9.27. The fourth-order valence-electron chi connectivity index (χ4n) is 2.21. The number of nitrogens with zero attached hydrogens (tertiary/aromatic N) is 1. The van der Waals surface area contributed by atoms with Gasteiger partial charge in [0.1, 0.15) is 0 Å². The summed E-state index contributed by atoms with van der Waals surface area (Å²) in [5.74, 6) is 0. The van der Waals surface area contributed by atoms with Crippen molar-refractivity contribution in [1.82, 2.24) is 4.98 Å². The molecular weight excluding hydrogens is 206 g/mol. The molecule has 0 spiro atoms. The minimum absolute atomic E-state index is 0.331. The largest absolute Gasteiger partial charge is 0.388 e. The van der Waals surface area contributed by atoms with Crippen LogP contribution in [0.25, 0.3) is 0 Å². The second-order valence-corrected chi connectivity index (χ2v) is 4.01. The highest BCUT2D eigenvalue weighted by Gasteiger charge is 2.22. The van der Waals surface area contributed by atoms with Crippen LogP contribution in [-0.4, -0.2) is 23.5 Å². The highest BCUT2D eigenvalue weighted by atomic mass is 16.5. The zero-order valence-corrected chi connectivity index (χ0v) is 9.27. The zero-order chi connectivity index (χ0) is 11.5. The number of ether oxygens (including phenoxy) is 1. The first-order valence-electron chi connectivity index (χ1n) is 5.40. The Morgan fingerprint density at radius 2 is 2.50 bits per heavy atom. The number of carbonyl (C=O) groups excluding carboxylic acids is 1. The number of hydrogen-bond acceptors (Lipinski definition) is 4. The molecule has 86 valence electrons. The lowest BCUT2D eigenvalue weighted by molar-refractivity contribution is 0.111. The highest BCUT2D eigenvalue weighted by molar-refractivity contribution is 5.79. The topological polar surface area (TPSA) is 59.4 Å². The van der Waals surface area contributed by atoms with Gasteiger partial charge in [-0.1, -0.05) is 0 Å². The monoisotopic (exact) mass is 221 g/mol. The molecule has 2 rings (SSSR count). The summed E-state index contributed by atoms with van der Waals surface area (Å²) < 4.78 is 5.00. The summed E-state index contributed by atoms with van der Waals surface area (Å²) in [4.78, 5) is 15.3. The van der Waals surface area contributed by atoms with E-state index in [2.05, 4.69) is 4.98 Å². The second-order valence-electron chi connectivity index (χ2n) is 4.01. The van der Waals surface area contributed by atoms with Crippen LogP contribution in [0.4, 0.5) is 0 Å². The molecular formula is C12H15NO3. The Kier molecular flexibility index (Phi) is 3.31. The van der Waals surface area contributed by atoms with Gasteiger partial charge < -0.3 is 9.84 Å². The molecule has 0 aromatic carbocycles. The molecule has 1 aliphatic rings. The Balaban J connectivity index is 2.50. The molecule has 16 heavy (non-hydrogen) atoms. The highest BCUT2D eigenvalue weighted by Crippen LogP contribution is 2.31. The van der Waals surface area contributed by atoms with Gasteiger partial charge in [0.2, 0.25) is 0 Å². The summed E-state index contributed by atoms with van der Waals surface area (Å²) in [5.41, 5.74) is 2.99. The Bertz CT molecular complexity index is 403. The molecule has 0 saturated carbocycles. The molecule has 4 heteroatoms. The molecule has 4 nitrogen and oxygen atoms in total. The van der Waals surface area contributed by atoms with Gasteiger partial charge in [-0.15, -0.1) is 0 Å². The molecule has 0 fully saturated rings. The lowest BCUT2D eigenvalue weighted by atomic mass is 9.87. The number of hydrogen-bond donors (Lipinski definition) is 1. The maximum absolute atomic E-state index is 11.1. The number of pyridine rings is 1. The van der Waals surface area contributed by atoms with E-state index < -0.39 is 6.10 Å². The van der Waals surface area contributed by atoms with Crippen molar-refractivity contribution in [3.05, 3.63) is 28.6 Å². The van der Waals surface area contributed by atoms with Gasteiger partial charge in [-0.25, -0.2) is 0 Å². The van der Waals surface area contributed by atoms with Crippen molar-refractivity contribution in [2.45, 2.75) is 32.0 Å². The van der Waals surface area contributed by atoms with Gasteiger partial charge in [0.05, 0.1) is 18.4 Å². The van der Waals surface area contributed by atoms with Crippen molar-refractivity contribution in [3.8, 4) is 0 Å². The SMILES string of the molecule is COCc1ncc2c(c1C=O)CCCC2O. The Labute approximate surface area is 94.3 Å². The van der Waals surface area contributed by atoms with Gasteiger partial charge in [0.25, 0.3) is 0 Å². The standard InChI is InChI=1S/C12H15NO3/c1-16-7-11-10(6-14)8-3-2-4-12(15)9(8)5-13-11/h5-6,12,15H,2-4,7H2,1H3. The van der Waals surface area contributed by atoms with Crippen LogP contribution < -0.4 is 0 Å². The molecule has 0 bridgehead atoms. The smallest absolute Gasteiger partial charge is 0.152 e. The fourth-order valence-corrected chi connectivity index (χ4v) is 2.21. The maximum atomic E-state index is 11.1. The van der Waals surface area contributed by atoms with Gasteiger partial charge in [-0.2, -0.15) is 0 Å². The molecule has 0 saturated heterocycles. The second kappa shape index (κ2) is 4.72. The van der Waals surface area contributed by atoms with E-state index in [0.717, 1.165) is 36.7 Å². The fraction of sp³-hybridized carbons (Fsp3) is 0.500. The molecule has 1 atom stereocenters. The Morgan fingerprint density at radius 1 is 1.69 bits per heavy atom. The number of aldehydes is 1. The third-order valence-corrected chi connectivity index (χ3v) is 3.01. The first kappa shape index (κ1) is 11.2. The van der Waals surface area contributed by atoms with Crippen molar-refractivity contribution in [3.63, 3.8) is 0 Å². The molecule has 0 radical (unpaired) electrons. The lowest BCUT2D eigenvalue weighted by Crippen LogP contribution is -2.15. The number of aromatic nitrogens is 1. The van der Waals surface area contributed by atoms with Gasteiger partial charge in [-0.05, 0) is 24.8 Å². The minimum atomic E-state index is -0.480. The average Bonchev–Trinajstić information content (AvgIpc) is 2.29. The van der Waals surface area contributed by atoms with Gasteiger partial charge in [0.15, 0.2) is 6.29 Å². The van der Waals surface area contributed by atoms with Crippen molar-refractivity contribution in [2.75, 3.05) is 7.11 Å². The Hall–Kier alpha value is -1.26. The van der Waals surface area contributed by atoms with Crippen molar-refractivity contribution < 1.29 is 14.6 Å². The molecule has 1 N–H and O–H groups in total. The van der Waals surface area contributed by atoms with Crippen LogP contribution in [0, 0.1) is 0 Å². The molecule has 1 heterocycles. The van der Waals surface area contributed by atoms with Gasteiger partial charge in [-0.3, -0.25) is 9.78 Å². The van der Waals surface area contributed by atoms with Crippen LogP contribution in [0.2, 0.25) is 0 Å². The third-order valence-electron chi connectivity index (χ3n) is 3.01. The normalized spacial score (nSPS) is 19.2. The number of aliphatic hydroxyl groups is 1. The number of fused-ring (bicyclic) bond motifs is 1. The van der Waals surface area contributed by atoms with E-state index >= 15 is 0 Å². The number of methoxy groups -OCH3 is 1. The number of aliphatic hydroxyl groups excluding tert-OH is 1.